The average Bonchev–Trinajstić information content (AvgIpc) is 2.52. The average molecular weight is 286 g/mol. The Morgan fingerprint density at radius 1 is 1.24 bits per heavy atom. The third-order valence-electron chi connectivity index (χ3n) is 3.07. The molecule has 0 saturated carbocycles. The van der Waals surface area contributed by atoms with Crippen LogP contribution in [-0.4, -0.2) is 40.3 Å². The molecule has 0 saturated heterocycles. The van der Waals surface area contributed by atoms with Gasteiger partial charge in [0.25, 0.3) is 0 Å². The van der Waals surface area contributed by atoms with Crippen LogP contribution in [0, 0.1) is 5.92 Å². The molecular weight excluding hydrogens is 264 g/mol. The van der Waals surface area contributed by atoms with Crippen LogP contribution in [0.1, 0.15) is 19.4 Å². The topological polar surface area (TPSA) is 66.8 Å². The molecule has 0 aliphatic carbocycles. The predicted molar refractivity (Wildman–Crippen MR) is 84.4 cm³/mol. The van der Waals surface area contributed by atoms with Crippen molar-refractivity contribution in [2.75, 3.05) is 30.4 Å². The monoisotopic (exact) mass is 286 g/mol. The van der Waals surface area contributed by atoms with Gasteiger partial charge in [-0.25, -0.2) is 0 Å². The number of aromatic nitrogens is 4. The second-order valence-corrected chi connectivity index (χ2v) is 5.44. The van der Waals surface area contributed by atoms with Crippen molar-refractivity contribution in [2.45, 2.75) is 20.3 Å². The molecule has 6 nitrogen and oxygen atoms in total. The number of nitrogens with one attached hydrogen (secondary N) is 1. The Balaban J connectivity index is 1.92. The fourth-order valence-electron chi connectivity index (χ4n) is 1.80. The van der Waals surface area contributed by atoms with E-state index in [9.17, 15) is 0 Å². The highest BCUT2D eigenvalue weighted by molar-refractivity contribution is 5.38. The van der Waals surface area contributed by atoms with Gasteiger partial charge in [-0.2, -0.15) is 10.1 Å². The highest BCUT2D eigenvalue weighted by Crippen LogP contribution is 2.09. The Morgan fingerprint density at radius 2 is 2.00 bits per heavy atom. The van der Waals surface area contributed by atoms with Gasteiger partial charge in [-0.05, 0) is 30.0 Å². The van der Waals surface area contributed by atoms with Crippen molar-refractivity contribution >= 4 is 11.8 Å². The zero-order chi connectivity index (χ0) is 15.1. The van der Waals surface area contributed by atoms with E-state index in [4.69, 9.17) is 0 Å². The summed E-state index contributed by atoms with van der Waals surface area (Å²) in [6.45, 7) is 6.02. The van der Waals surface area contributed by atoms with E-state index in [1.165, 1.54) is 5.56 Å². The number of rotatable bonds is 7. The van der Waals surface area contributed by atoms with Crippen molar-refractivity contribution in [3.05, 3.63) is 36.3 Å². The quantitative estimate of drug-likeness (QED) is 0.840. The Kier molecular flexibility index (Phi) is 5.43. The summed E-state index contributed by atoms with van der Waals surface area (Å²) in [5.74, 6) is 1.97. The fourth-order valence-corrected chi connectivity index (χ4v) is 1.80. The van der Waals surface area contributed by atoms with Crippen molar-refractivity contribution < 1.29 is 0 Å². The Bertz CT molecular complexity index is 543. The van der Waals surface area contributed by atoms with Crippen molar-refractivity contribution in [2.24, 2.45) is 5.92 Å². The maximum atomic E-state index is 4.49. The molecule has 21 heavy (non-hydrogen) atoms. The highest BCUT2D eigenvalue weighted by atomic mass is 15.3. The molecule has 0 aromatic carbocycles. The van der Waals surface area contributed by atoms with Crippen LogP contribution in [0.5, 0.6) is 0 Å². The summed E-state index contributed by atoms with van der Waals surface area (Å²) < 4.78 is 0. The second kappa shape index (κ2) is 7.52. The summed E-state index contributed by atoms with van der Waals surface area (Å²) in [7, 11) is 1.98. The van der Waals surface area contributed by atoms with Crippen molar-refractivity contribution in [1.82, 2.24) is 20.2 Å². The first-order chi connectivity index (χ1) is 10.1. The number of pyridine rings is 1. The van der Waals surface area contributed by atoms with E-state index in [0.717, 1.165) is 25.3 Å². The molecule has 2 rings (SSSR count). The van der Waals surface area contributed by atoms with Gasteiger partial charge in [0.15, 0.2) is 5.82 Å². The first-order valence-electron chi connectivity index (χ1n) is 7.19. The fraction of sp³-hybridized carbons (Fsp3) is 0.467. The lowest BCUT2D eigenvalue weighted by Gasteiger charge is -2.17. The largest absolute Gasteiger partial charge is 0.368 e. The first-order valence-corrected chi connectivity index (χ1v) is 7.19. The van der Waals surface area contributed by atoms with Gasteiger partial charge in [-0.1, -0.05) is 13.8 Å². The maximum absolute atomic E-state index is 4.49. The lowest BCUT2D eigenvalue weighted by molar-refractivity contribution is 0.685. The SMILES string of the molecule is CC(C)CNc1cnnc(N(C)CCc2ccncc2)n1. The summed E-state index contributed by atoms with van der Waals surface area (Å²) in [5, 5.41) is 11.4. The molecule has 1 N–H and O–H groups in total. The van der Waals surface area contributed by atoms with Crippen molar-refractivity contribution in [3.8, 4) is 0 Å². The van der Waals surface area contributed by atoms with Crippen LogP contribution in [-0.2, 0) is 6.42 Å². The van der Waals surface area contributed by atoms with E-state index >= 15 is 0 Å². The van der Waals surface area contributed by atoms with E-state index in [1.807, 2.05) is 36.5 Å². The van der Waals surface area contributed by atoms with Crippen molar-refractivity contribution in [3.63, 3.8) is 0 Å². The summed E-state index contributed by atoms with van der Waals surface area (Å²) in [6.07, 6.45) is 6.20. The van der Waals surface area contributed by atoms with Gasteiger partial charge in [0.1, 0.15) is 0 Å². The summed E-state index contributed by atoms with van der Waals surface area (Å²) in [5.41, 5.74) is 1.25. The van der Waals surface area contributed by atoms with E-state index in [0.29, 0.717) is 11.9 Å². The first kappa shape index (κ1) is 15.2. The molecule has 0 amide bonds. The molecule has 0 radical (unpaired) electrons. The van der Waals surface area contributed by atoms with E-state index in [-0.39, 0.29) is 0 Å². The Labute approximate surface area is 125 Å². The van der Waals surface area contributed by atoms with Crippen LogP contribution < -0.4 is 10.2 Å². The van der Waals surface area contributed by atoms with E-state index in [2.05, 4.69) is 39.3 Å². The van der Waals surface area contributed by atoms with Crippen LogP contribution in [0.3, 0.4) is 0 Å². The third-order valence-corrected chi connectivity index (χ3v) is 3.07. The number of nitrogens with zero attached hydrogens (tertiary/aromatic N) is 5. The normalized spacial score (nSPS) is 10.7. The Hall–Kier alpha value is -2.24. The molecular formula is C15H22N6. The van der Waals surface area contributed by atoms with Gasteiger partial charge >= 0.3 is 0 Å². The van der Waals surface area contributed by atoms with E-state index < -0.39 is 0 Å². The molecule has 112 valence electrons. The zero-order valence-electron chi connectivity index (χ0n) is 12.8. The zero-order valence-corrected chi connectivity index (χ0v) is 12.8. The molecule has 0 fully saturated rings. The molecule has 0 aliphatic heterocycles. The molecule has 2 aromatic rings. The molecule has 0 spiro atoms. The number of anilines is 2. The summed E-state index contributed by atoms with van der Waals surface area (Å²) in [6, 6.07) is 4.04. The lowest BCUT2D eigenvalue weighted by atomic mass is 10.2. The number of hydrogen-bond acceptors (Lipinski definition) is 6. The molecule has 2 aromatic heterocycles. The van der Waals surface area contributed by atoms with Gasteiger partial charge in [-0.15, -0.1) is 5.10 Å². The van der Waals surface area contributed by atoms with E-state index in [1.54, 1.807) is 6.20 Å². The minimum Gasteiger partial charge on any atom is -0.368 e. The lowest BCUT2D eigenvalue weighted by Crippen LogP contribution is -2.23. The smallest absolute Gasteiger partial charge is 0.247 e. The predicted octanol–water partition coefficient (Wildman–Crippen LogP) is 2.01. The van der Waals surface area contributed by atoms with Gasteiger partial charge in [0.2, 0.25) is 5.95 Å². The molecule has 0 aliphatic rings. The standard InChI is InChI=1S/C15H22N6/c1-12(2)10-17-14-11-18-20-15(19-14)21(3)9-6-13-4-7-16-8-5-13/h4-5,7-8,11-12H,6,9-10H2,1-3H3,(H,17,19,20). The summed E-state index contributed by atoms with van der Waals surface area (Å²) >= 11 is 0. The van der Waals surface area contributed by atoms with Crippen LogP contribution in [0.25, 0.3) is 0 Å². The minimum atomic E-state index is 0.563. The van der Waals surface area contributed by atoms with Crippen LogP contribution in [0.15, 0.2) is 30.7 Å². The number of likely N-dealkylation sites (N-methyl/N-ethyl adjacent to an activating group) is 1. The molecule has 0 atom stereocenters. The second-order valence-electron chi connectivity index (χ2n) is 5.44. The van der Waals surface area contributed by atoms with Crippen LogP contribution in [0.4, 0.5) is 11.8 Å². The number of hydrogen-bond donors (Lipinski definition) is 1. The molecule has 6 heteroatoms. The maximum Gasteiger partial charge on any atom is 0.247 e. The van der Waals surface area contributed by atoms with Crippen molar-refractivity contribution in [1.29, 1.82) is 0 Å². The molecule has 0 bridgehead atoms. The van der Waals surface area contributed by atoms with Crippen LogP contribution in [0.2, 0.25) is 0 Å². The molecule has 2 heterocycles. The third kappa shape index (κ3) is 4.98. The van der Waals surface area contributed by atoms with Gasteiger partial charge in [-0.3, -0.25) is 4.98 Å². The molecule has 0 unspecified atom stereocenters. The van der Waals surface area contributed by atoms with Gasteiger partial charge in [0.05, 0.1) is 6.20 Å². The highest BCUT2D eigenvalue weighted by Gasteiger charge is 2.07. The van der Waals surface area contributed by atoms with Gasteiger partial charge < -0.3 is 10.2 Å². The Morgan fingerprint density at radius 3 is 2.71 bits per heavy atom. The van der Waals surface area contributed by atoms with Crippen LogP contribution >= 0.6 is 0 Å². The summed E-state index contributed by atoms with van der Waals surface area (Å²) in [4.78, 5) is 10.5. The van der Waals surface area contributed by atoms with Gasteiger partial charge in [0, 0.05) is 32.5 Å². The minimum absolute atomic E-state index is 0.563.